The number of nitrogens with zero attached hydrogens (tertiary/aromatic N) is 2. The van der Waals surface area contributed by atoms with Gasteiger partial charge in [0.05, 0.1) is 0 Å². The van der Waals surface area contributed by atoms with Crippen molar-refractivity contribution in [2.45, 2.75) is 39.8 Å². The second-order valence-electron chi connectivity index (χ2n) is 3.88. The average molecular weight is 198 g/mol. The lowest BCUT2D eigenvalue weighted by Gasteiger charge is -2.16. The Labute approximate surface area is 89.9 Å². The smallest absolute Gasteiger partial charge is 0.0224 e. The van der Waals surface area contributed by atoms with E-state index in [1.54, 1.807) is 0 Å². The Morgan fingerprint density at radius 3 is 1.00 bits per heavy atom. The van der Waals surface area contributed by atoms with Crippen LogP contribution in [-0.2, 0) is 0 Å². The fourth-order valence-corrected chi connectivity index (χ4v) is 0.422. The van der Waals surface area contributed by atoms with E-state index in [0.29, 0.717) is 12.1 Å². The molecule has 0 spiro atoms. The SMILES string of the molecule is C=CN(C)C(C)C.C=CN(C)C(C)C. The Bertz CT molecular complexity index is 132. The zero-order valence-electron chi connectivity index (χ0n) is 10.6. The van der Waals surface area contributed by atoms with E-state index in [1.165, 1.54) is 0 Å². The standard InChI is InChI=1S/2C6H13N/c2*1-5-7(4)6(2)3/h2*5-6H,1H2,2-4H3. The number of rotatable bonds is 4. The van der Waals surface area contributed by atoms with E-state index in [-0.39, 0.29) is 0 Å². The molecule has 84 valence electrons. The van der Waals surface area contributed by atoms with E-state index in [2.05, 4.69) is 50.7 Å². The van der Waals surface area contributed by atoms with Gasteiger partial charge in [0.25, 0.3) is 0 Å². The van der Waals surface area contributed by atoms with Gasteiger partial charge in [-0.25, -0.2) is 0 Å². The summed E-state index contributed by atoms with van der Waals surface area (Å²) in [6, 6.07) is 1.16. The first-order valence-electron chi connectivity index (χ1n) is 5.05. The molecule has 0 fully saturated rings. The zero-order valence-corrected chi connectivity index (χ0v) is 10.6. The molecule has 0 radical (unpaired) electrons. The first kappa shape index (κ1) is 15.5. The predicted molar refractivity (Wildman–Crippen MR) is 66.2 cm³/mol. The normalized spacial score (nSPS) is 9.14. The molecule has 0 atom stereocenters. The van der Waals surface area contributed by atoms with Gasteiger partial charge in [-0.3, -0.25) is 0 Å². The Balaban J connectivity index is 0. The van der Waals surface area contributed by atoms with Crippen molar-refractivity contribution in [3.63, 3.8) is 0 Å². The molecule has 0 aromatic rings. The van der Waals surface area contributed by atoms with Crippen LogP contribution < -0.4 is 0 Å². The summed E-state index contributed by atoms with van der Waals surface area (Å²) in [6.07, 6.45) is 3.65. The third kappa shape index (κ3) is 9.17. The summed E-state index contributed by atoms with van der Waals surface area (Å²) >= 11 is 0. The fraction of sp³-hybridized carbons (Fsp3) is 0.667. The Hall–Kier alpha value is -0.920. The van der Waals surface area contributed by atoms with Crippen LogP contribution in [-0.4, -0.2) is 36.0 Å². The average Bonchev–Trinajstić information content (AvgIpc) is 2.15. The molecule has 14 heavy (non-hydrogen) atoms. The minimum absolute atomic E-state index is 0.581. The van der Waals surface area contributed by atoms with E-state index in [1.807, 2.05) is 26.5 Å². The van der Waals surface area contributed by atoms with Gasteiger partial charge in [0.1, 0.15) is 0 Å². The predicted octanol–water partition coefficient (Wildman–Crippen LogP) is 2.94. The highest BCUT2D eigenvalue weighted by Crippen LogP contribution is 1.90. The van der Waals surface area contributed by atoms with Gasteiger partial charge in [0, 0.05) is 26.2 Å². The van der Waals surface area contributed by atoms with Crippen LogP contribution in [0, 0.1) is 0 Å². The van der Waals surface area contributed by atoms with Crippen LogP contribution in [0.2, 0.25) is 0 Å². The summed E-state index contributed by atoms with van der Waals surface area (Å²) in [5, 5.41) is 0. The highest BCUT2D eigenvalue weighted by molar-refractivity contribution is 4.69. The molecule has 0 unspecified atom stereocenters. The summed E-state index contributed by atoms with van der Waals surface area (Å²) in [4.78, 5) is 4.11. The van der Waals surface area contributed by atoms with E-state index in [0.717, 1.165) is 0 Å². The maximum atomic E-state index is 3.61. The first-order valence-corrected chi connectivity index (χ1v) is 5.05. The molecule has 0 N–H and O–H groups in total. The lowest BCUT2D eigenvalue weighted by Crippen LogP contribution is -2.18. The largest absolute Gasteiger partial charge is 0.379 e. The topological polar surface area (TPSA) is 6.48 Å². The van der Waals surface area contributed by atoms with E-state index in [4.69, 9.17) is 0 Å². The van der Waals surface area contributed by atoms with Crippen molar-refractivity contribution in [2.24, 2.45) is 0 Å². The van der Waals surface area contributed by atoms with Crippen molar-refractivity contribution < 1.29 is 0 Å². The molecule has 2 heteroatoms. The zero-order chi connectivity index (χ0) is 11.7. The van der Waals surface area contributed by atoms with Gasteiger partial charge in [-0.05, 0) is 40.1 Å². The fourth-order valence-electron chi connectivity index (χ4n) is 0.422. The molecule has 0 heterocycles. The van der Waals surface area contributed by atoms with Crippen LogP contribution in [0.25, 0.3) is 0 Å². The minimum Gasteiger partial charge on any atom is -0.379 e. The van der Waals surface area contributed by atoms with Gasteiger partial charge in [-0.1, -0.05) is 13.2 Å². The van der Waals surface area contributed by atoms with Gasteiger partial charge in [-0.15, -0.1) is 0 Å². The second-order valence-corrected chi connectivity index (χ2v) is 3.88. The number of hydrogen-bond acceptors (Lipinski definition) is 2. The van der Waals surface area contributed by atoms with E-state index >= 15 is 0 Å². The summed E-state index contributed by atoms with van der Waals surface area (Å²) in [5.74, 6) is 0. The van der Waals surface area contributed by atoms with Crippen LogP contribution in [0.15, 0.2) is 25.6 Å². The van der Waals surface area contributed by atoms with Gasteiger partial charge in [0.2, 0.25) is 0 Å². The lowest BCUT2D eigenvalue weighted by molar-refractivity contribution is 0.377. The molecule has 0 rings (SSSR count). The lowest BCUT2D eigenvalue weighted by atomic mass is 10.4. The van der Waals surface area contributed by atoms with Crippen molar-refractivity contribution in [1.82, 2.24) is 9.80 Å². The van der Waals surface area contributed by atoms with Crippen LogP contribution >= 0.6 is 0 Å². The molecule has 0 saturated heterocycles. The van der Waals surface area contributed by atoms with Crippen LogP contribution in [0.4, 0.5) is 0 Å². The summed E-state index contributed by atoms with van der Waals surface area (Å²) in [7, 11) is 4.02. The summed E-state index contributed by atoms with van der Waals surface area (Å²) in [5.41, 5.74) is 0. The molecular weight excluding hydrogens is 172 g/mol. The van der Waals surface area contributed by atoms with E-state index < -0.39 is 0 Å². The second kappa shape index (κ2) is 8.67. The van der Waals surface area contributed by atoms with Crippen molar-refractivity contribution in [1.29, 1.82) is 0 Å². The Morgan fingerprint density at radius 2 is 1.00 bits per heavy atom. The van der Waals surface area contributed by atoms with Gasteiger partial charge in [0.15, 0.2) is 0 Å². The Morgan fingerprint density at radius 1 is 0.786 bits per heavy atom. The van der Waals surface area contributed by atoms with Crippen molar-refractivity contribution in [3.05, 3.63) is 25.6 Å². The molecule has 0 saturated carbocycles. The first-order chi connectivity index (χ1) is 6.36. The van der Waals surface area contributed by atoms with Crippen molar-refractivity contribution >= 4 is 0 Å². The molecule has 0 aliphatic heterocycles. The van der Waals surface area contributed by atoms with Crippen LogP contribution in [0.3, 0.4) is 0 Å². The molecule has 2 nitrogen and oxygen atoms in total. The quantitative estimate of drug-likeness (QED) is 0.685. The van der Waals surface area contributed by atoms with Crippen LogP contribution in [0.1, 0.15) is 27.7 Å². The highest BCUT2D eigenvalue weighted by atomic mass is 15.1. The van der Waals surface area contributed by atoms with Crippen LogP contribution in [0.5, 0.6) is 0 Å². The molecule has 0 amide bonds. The minimum atomic E-state index is 0.581. The van der Waals surface area contributed by atoms with Gasteiger partial charge >= 0.3 is 0 Å². The highest BCUT2D eigenvalue weighted by Gasteiger charge is 1.92. The van der Waals surface area contributed by atoms with Gasteiger partial charge < -0.3 is 9.80 Å². The third-order valence-electron chi connectivity index (χ3n) is 2.21. The maximum Gasteiger partial charge on any atom is 0.0224 e. The monoisotopic (exact) mass is 198 g/mol. The number of hydrogen-bond donors (Lipinski definition) is 0. The summed E-state index contributed by atoms with van der Waals surface area (Å²) in [6.45, 7) is 15.7. The van der Waals surface area contributed by atoms with Gasteiger partial charge in [-0.2, -0.15) is 0 Å². The van der Waals surface area contributed by atoms with Crippen molar-refractivity contribution in [2.75, 3.05) is 14.1 Å². The molecule has 0 aromatic carbocycles. The maximum absolute atomic E-state index is 3.61. The van der Waals surface area contributed by atoms with Crippen molar-refractivity contribution in [3.8, 4) is 0 Å². The molecular formula is C12H26N2. The molecule has 0 aliphatic carbocycles. The summed E-state index contributed by atoms with van der Waals surface area (Å²) < 4.78 is 0. The molecule has 0 bridgehead atoms. The third-order valence-corrected chi connectivity index (χ3v) is 2.21. The Kier molecular flexibility index (Phi) is 9.63. The molecule has 0 aliphatic rings. The van der Waals surface area contributed by atoms with E-state index in [9.17, 15) is 0 Å². The molecule has 0 aromatic heterocycles.